The summed E-state index contributed by atoms with van der Waals surface area (Å²) in [5.41, 5.74) is 3.35. The maximum atomic E-state index is 14.9. The predicted molar refractivity (Wildman–Crippen MR) is 192 cm³/mol. The van der Waals surface area contributed by atoms with Crippen molar-refractivity contribution in [2.45, 2.75) is 65.3 Å². The van der Waals surface area contributed by atoms with Crippen LogP contribution in [-0.2, 0) is 15.0 Å². The number of methoxy groups -OCH3 is 2. The number of carbonyl (C=O) groups is 1. The van der Waals surface area contributed by atoms with Crippen LogP contribution in [0.3, 0.4) is 0 Å². The van der Waals surface area contributed by atoms with Gasteiger partial charge in [-0.05, 0) is 74.6 Å². The van der Waals surface area contributed by atoms with E-state index in [1.165, 1.54) is 11.1 Å². The molecule has 0 radical (unpaired) electrons. The molecule has 4 atom stereocenters. The van der Waals surface area contributed by atoms with Gasteiger partial charge in [-0.3, -0.25) is 9.58 Å². The van der Waals surface area contributed by atoms with Gasteiger partial charge in [0.05, 0.1) is 19.8 Å². The van der Waals surface area contributed by atoms with Gasteiger partial charge in [0.15, 0.2) is 0 Å². The minimum Gasteiger partial charge on any atom is -0.501 e. The van der Waals surface area contributed by atoms with E-state index in [2.05, 4.69) is 107 Å². The van der Waals surface area contributed by atoms with Gasteiger partial charge in [-0.25, -0.2) is 4.79 Å². The van der Waals surface area contributed by atoms with Crippen molar-refractivity contribution in [3.05, 3.63) is 102 Å². The van der Waals surface area contributed by atoms with E-state index >= 15 is 0 Å². The Balaban J connectivity index is 1.31. The first kappa shape index (κ1) is 34.1. The van der Waals surface area contributed by atoms with E-state index in [0.29, 0.717) is 37.9 Å². The molecule has 1 aromatic heterocycles. The van der Waals surface area contributed by atoms with E-state index in [9.17, 15) is 4.79 Å². The first-order valence-corrected chi connectivity index (χ1v) is 17.9. The van der Waals surface area contributed by atoms with Crippen molar-refractivity contribution in [3.8, 4) is 0 Å². The molecule has 4 unspecified atom stereocenters. The Kier molecular flexibility index (Phi) is 10.2. The Bertz CT molecular complexity index is 1540. The van der Waals surface area contributed by atoms with Crippen molar-refractivity contribution in [1.82, 2.24) is 24.5 Å². The molecule has 3 aliphatic carbocycles. The topological polar surface area (TPSA) is 63.1 Å². The summed E-state index contributed by atoms with van der Waals surface area (Å²) in [6.07, 6.45) is 28.9. The number of nitrogens with zero attached hydrogens (tertiary/aromatic N) is 5. The van der Waals surface area contributed by atoms with E-state index < -0.39 is 0 Å². The first-order valence-electron chi connectivity index (χ1n) is 17.9. The molecule has 48 heavy (non-hydrogen) atoms. The van der Waals surface area contributed by atoms with Crippen LogP contribution < -0.4 is 0 Å². The SMILES string of the molecule is COC1=C/CCN2C(=O)N(CC3=CC4CC4(n4cccn4)C=C3)CCN(CC3C=C(C)C=CC3)CCC/C2=C/C(C)(C)C(C)/C(OC)=C\1. The molecule has 2 fully saturated rings. The summed E-state index contributed by atoms with van der Waals surface area (Å²) < 4.78 is 13.7. The quantitative estimate of drug-likeness (QED) is 0.306. The molecule has 0 N–H and O–H groups in total. The normalized spacial score (nSPS) is 32.9. The van der Waals surface area contributed by atoms with E-state index in [1.807, 2.05) is 18.3 Å². The van der Waals surface area contributed by atoms with Crippen molar-refractivity contribution in [2.75, 3.05) is 53.5 Å². The second kappa shape index (κ2) is 14.4. The summed E-state index contributed by atoms with van der Waals surface area (Å²) in [6, 6.07) is 2.08. The van der Waals surface area contributed by atoms with Crippen LogP contribution in [-0.4, -0.2) is 84.0 Å². The maximum absolute atomic E-state index is 14.9. The lowest BCUT2D eigenvalue weighted by molar-refractivity contribution is 0.147. The lowest BCUT2D eigenvalue weighted by Gasteiger charge is -2.38. The van der Waals surface area contributed by atoms with Gasteiger partial charge in [0.1, 0.15) is 11.5 Å². The van der Waals surface area contributed by atoms with Crippen molar-refractivity contribution in [1.29, 1.82) is 0 Å². The van der Waals surface area contributed by atoms with Gasteiger partial charge in [-0.2, -0.15) is 5.10 Å². The molecular formula is C40H55N5O3. The molecule has 8 heteroatoms. The van der Waals surface area contributed by atoms with Crippen LogP contribution in [0, 0.1) is 23.2 Å². The number of aromatic nitrogens is 2. The lowest BCUT2D eigenvalue weighted by Crippen LogP contribution is -2.48. The fourth-order valence-corrected chi connectivity index (χ4v) is 7.88. The predicted octanol–water partition coefficient (Wildman–Crippen LogP) is 7.45. The van der Waals surface area contributed by atoms with Crippen LogP contribution in [0.1, 0.15) is 59.8 Å². The van der Waals surface area contributed by atoms with Crippen LogP contribution in [0.2, 0.25) is 0 Å². The highest BCUT2D eigenvalue weighted by molar-refractivity contribution is 5.77. The highest BCUT2D eigenvalue weighted by atomic mass is 16.5. The van der Waals surface area contributed by atoms with Crippen molar-refractivity contribution in [3.63, 3.8) is 0 Å². The van der Waals surface area contributed by atoms with Gasteiger partial charge in [0.25, 0.3) is 0 Å². The molecule has 0 aromatic carbocycles. The van der Waals surface area contributed by atoms with Gasteiger partial charge in [-0.15, -0.1) is 0 Å². The number of hydrogen-bond acceptors (Lipinski definition) is 5. The second-order valence-corrected chi connectivity index (χ2v) is 14.9. The summed E-state index contributed by atoms with van der Waals surface area (Å²) in [5.74, 6) is 2.64. The monoisotopic (exact) mass is 653 g/mol. The third kappa shape index (κ3) is 7.44. The Labute approximate surface area is 287 Å². The smallest absolute Gasteiger partial charge is 0.324 e. The fraction of sp³-hybridized carbons (Fsp3) is 0.550. The Morgan fingerprint density at radius 1 is 1.06 bits per heavy atom. The molecule has 1 saturated carbocycles. The molecule has 8 nitrogen and oxygen atoms in total. The Morgan fingerprint density at radius 3 is 2.65 bits per heavy atom. The maximum Gasteiger partial charge on any atom is 0.324 e. The zero-order valence-corrected chi connectivity index (χ0v) is 29.9. The lowest BCUT2D eigenvalue weighted by atomic mass is 9.77. The fourth-order valence-electron chi connectivity index (χ4n) is 7.88. The summed E-state index contributed by atoms with van der Waals surface area (Å²) >= 11 is 0. The molecule has 258 valence electrons. The molecular weight excluding hydrogens is 598 g/mol. The minimum atomic E-state index is -0.263. The van der Waals surface area contributed by atoms with Crippen molar-refractivity contribution < 1.29 is 14.3 Å². The van der Waals surface area contributed by atoms with Crippen LogP contribution in [0.5, 0.6) is 0 Å². The highest BCUT2D eigenvalue weighted by Gasteiger charge is 2.54. The van der Waals surface area contributed by atoms with Gasteiger partial charge >= 0.3 is 6.03 Å². The minimum absolute atomic E-state index is 0.0451. The van der Waals surface area contributed by atoms with Crippen LogP contribution in [0.4, 0.5) is 4.79 Å². The van der Waals surface area contributed by atoms with Gasteiger partial charge in [-0.1, -0.05) is 68.9 Å². The number of carbonyl (C=O) groups excluding carboxylic acids is 1. The zero-order chi connectivity index (χ0) is 33.9. The largest absolute Gasteiger partial charge is 0.501 e. The van der Waals surface area contributed by atoms with E-state index in [0.717, 1.165) is 62.5 Å². The highest BCUT2D eigenvalue weighted by Crippen LogP contribution is 2.54. The number of ether oxygens (including phenoxy) is 2. The second-order valence-electron chi connectivity index (χ2n) is 14.9. The zero-order valence-electron chi connectivity index (χ0n) is 29.9. The summed E-state index contributed by atoms with van der Waals surface area (Å²) in [7, 11) is 3.43. The molecule has 0 spiro atoms. The van der Waals surface area contributed by atoms with Crippen LogP contribution >= 0.6 is 0 Å². The van der Waals surface area contributed by atoms with E-state index in [-0.39, 0.29) is 22.9 Å². The number of fused-ring (bicyclic) bond motifs is 2. The molecule has 3 heterocycles. The summed E-state index contributed by atoms with van der Waals surface area (Å²) in [4.78, 5) is 21.7. The summed E-state index contributed by atoms with van der Waals surface area (Å²) in [6.45, 7) is 13.7. The van der Waals surface area contributed by atoms with Crippen molar-refractivity contribution >= 4 is 6.03 Å². The van der Waals surface area contributed by atoms with Gasteiger partial charge in [0.2, 0.25) is 0 Å². The number of urea groups is 1. The molecule has 5 aliphatic rings. The van der Waals surface area contributed by atoms with Crippen LogP contribution in [0.25, 0.3) is 0 Å². The molecule has 1 saturated heterocycles. The standard InChI is InChI=1S/C40H55N5O3/c1-30-11-7-12-32(23-30)28-42-18-8-13-35-27-39(3,4)31(2)37(48-6)25-36(47-5)14-9-19-44(35)38(46)43(22-21-42)29-33-15-16-40(26-34(40)24-33)45-20-10-17-41-45/h7,10-11,14-17,20,23-25,27,31-32,34H,8-9,12-13,18-19,21-22,26,28-29H2,1-6H3/b35-27-,36-14+,37-25+. The third-order valence-corrected chi connectivity index (χ3v) is 11.1. The number of hydrogen-bond donors (Lipinski definition) is 0. The average molecular weight is 654 g/mol. The van der Waals surface area contributed by atoms with E-state index in [4.69, 9.17) is 9.47 Å². The third-order valence-electron chi connectivity index (χ3n) is 11.1. The Morgan fingerprint density at radius 2 is 1.92 bits per heavy atom. The van der Waals surface area contributed by atoms with Gasteiger partial charge < -0.3 is 19.3 Å². The number of allylic oxidation sites excluding steroid dienone is 9. The van der Waals surface area contributed by atoms with Crippen LogP contribution in [0.15, 0.2) is 102 Å². The number of rotatable bonds is 7. The van der Waals surface area contributed by atoms with Gasteiger partial charge in [0, 0.05) is 68.7 Å². The summed E-state index contributed by atoms with van der Waals surface area (Å²) in [5, 5.41) is 4.55. The number of amides is 2. The first-order chi connectivity index (χ1) is 23.1. The van der Waals surface area contributed by atoms with Crippen molar-refractivity contribution in [2.24, 2.45) is 23.2 Å². The van der Waals surface area contributed by atoms with E-state index in [1.54, 1.807) is 14.2 Å². The molecule has 1 aromatic rings. The molecule has 2 aliphatic heterocycles. The molecule has 0 bridgehead atoms. The average Bonchev–Trinajstić information content (AvgIpc) is 3.53. The molecule has 6 rings (SSSR count). The Hall–Kier alpha value is -3.78. The molecule has 2 amide bonds.